The summed E-state index contributed by atoms with van der Waals surface area (Å²) < 4.78 is 18.3. The molecule has 0 aliphatic rings. The molecule has 20 heavy (non-hydrogen) atoms. The van der Waals surface area contributed by atoms with Crippen LogP contribution in [0.1, 0.15) is 15.9 Å². The van der Waals surface area contributed by atoms with Crippen LogP contribution in [0.3, 0.4) is 0 Å². The molecule has 0 unspecified atom stereocenters. The van der Waals surface area contributed by atoms with Gasteiger partial charge in [0.25, 0.3) is 0 Å². The van der Waals surface area contributed by atoms with Gasteiger partial charge < -0.3 is 10.1 Å². The third-order valence-corrected chi connectivity index (χ3v) is 3.16. The van der Waals surface area contributed by atoms with Crippen LogP contribution in [0.25, 0.3) is 0 Å². The molecule has 5 heteroatoms. The van der Waals surface area contributed by atoms with Crippen molar-refractivity contribution in [3.05, 3.63) is 64.4 Å². The average molecular weight is 294 g/mol. The van der Waals surface area contributed by atoms with Crippen molar-refractivity contribution in [3.8, 4) is 0 Å². The monoisotopic (exact) mass is 293 g/mol. The predicted molar refractivity (Wildman–Crippen MR) is 76.5 cm³/mol. The van der Waals surface area contributed by atoms with Crippen molar-refractivity contribution in [1.82, 2.24) is 0 Å². The maximum Gasteiger partial charge on any atom is 0.338 e. The van der Waals surface area contributed by atoms with Crippen LogP contribution in [0, 0.1) is 5.82 Å². The normalized spacial score (nSPS) is 10.2. The SMILES string of the molecule is COC(=O)c1ccccc1CNc1c(F)cccc1Cl. The molecule has 0 aliphatic carbocycles. The van der Waals surface area contributed by atoms with Crippen LogP contribution in [-0.2, 0) is 11.3 Å². The minimum atomic E-state index is -0.437. The van der Waals surface area contributed by atoms with Gasteiger partial charge in [0, 0.05) is 6.54 Å². The minimum absolute atomic E-state index is 0.217. The summed E-state index contributed by atoms with van der Waals surface area (Å²) >= 11 is 5.93. The highest BCUT2D eigenvalue weighted by atomic mass is 35.5. The highest BCUT2D eigenvalue weighted by Crippen LogP contribution is 2.25. The molecule has 0 fully saturated rings. The van der Waals surface area contributed by atoms with E-state index in [9.17, 15) is 9.18 Å². The van der Waals surface area contributed by atoms with Gasteiger partial charge in [-0.15, -0.1) is 0 Å². The highest BCUT2D eigenvalue weighted by Gasteiger charge is 2.12. The zero-order chi connectivity index (χ0) is 14.5. The van der Waals surface area contributed by atoms with Gasteiger partial charge >= 0.3 is 5.97 Å². The van der Waals surface area contributed by atoms with Gasteiger partial charge in [0.05, 0.1) is 23.4 Å². The number of anilines is 1. The molecule has 3 nitrogen and oxygen atoms in total. The average Bonchev–Trinajstić information content (AvgIpc) is 2.46. The standard InChI is InChI=1S/C15H13ClFNO2/c1-20-15(19)11-6-3-2-5-10(11)9-18-14-12(16)7-4-8-13(14)17/h2-8,18H,9H2,1H3. The van der Waals surface area contributed by atoms with E-state index in [-0.39, 0.29) is 12.2 Å². The van der Waals surface area contributed by atoms with Crippen LogP contribution in [-0.4, -0.2) is 13.1 Å². The Bertz CT molecular complexity index is 611. The lowest BCUT2D eigenvalue weighted by Crippen LogP contribution is -2.09. The molecular weight excluding hydrogens is 281 g/mol. The molecule has 2 aromatic carbocycles. The Kier molecular flexibility index (Phi) is 4.58. The molecule has 0 aromatic heterocycles. The number of methoxy groups -OCH3 is 1. The van der Waals surface area contributed by atoms with E-state index in [4.69, 9.17) is 16.3 Å². The number of hydrogen-bond acceptors (Lipinski definition) is 3. The summed E-state index contributed by atoms with van der Waals surface area (Å²) in [5.41, 5.74) is 1.36. The minimum Gasteiger partial charge on any atom is -0.465 e. The van der Waals surface area contributed by atoms with Gasteiger partial charge in [-0.05, 0) is 23.8 Å². The Morgan fingerprint density at radius 1 is 1.25 bits per heavy atom. The van der Waals surface area contributed by atoms with Crippen LogP contribution in [0.2, 0.25) is 5.02 Å². The molecule has 0 spiro atoms. The maximum atomic E-state index is 13.6. The number of rotatable bonds is 4. The van der Waals surface area contributed by atoms with Crippen LogP contribution in [0.5, 0.6) is 0 Å². The van der Waals surface area contributed by atoms with E-state index >= 15 is 0 Å². The second kappa shape index (κ2) is 6.39. The van der Waals surface area contributed by atoms with Crippen molar-refractivity contribution in [2.75, 3.05) is 12.4 Å². The number of ether oxygens (including phenoxy) is 1. The van der Waals surface area contributed by atoms with Gasteiger partial charge in [0.2, 0.25) is 0 Å². The van der Waals surface area contributed by atoms with E-state index in [1.165, 1.54) is 19.2 Å². The number of para-hydroxylation sites is 1. The molecule has 0 saturated heterocycles. The van der Waals surface area contributed by atoms with E-state index in [1.54, 1.807) is 30.3 Å². The molecule has 2 rings (SSSR count). The summed E-state index contributed by atoms with van der Waals surface area (Å²) in [6.45, 7) is 0.270. The lowest BCUT2D eigenvalue weighted by molar-refractivity contribution is 0.0599. The molecule has 0 aliphatic heterocycles. The maximum absolute atomic E-state index is 13.6. The van der Waals surface area contributed by atoms with Crippen molar-refractivity contribution in [2.24, 2.45) is 0 Å². The fraction of sp³-hybridized carbons (Fsp3) is 0.133. The molecule has 1 N–H and O–H groups in total. The third kappa shape index (κ3) is 3.08. The van der Waals surface area contributed by atoms with Crippen LogP contribution >= 0.6 is 11.6 Å². The van der Waals surface area contributed by atoms with Gasteiger partial charge in [-0.2, -0.15) is 0 Å². The third-order valence-electron chi connectivity index (χ3n) is 2.84. The predicted octanol–water partition coefficient (Wildman–Crippen LogP) is 3.88. The summed E-state index contributed by atoms with van der Waals surface area (Å²) in [4.78, 5) is 11.6. The Balaban J connectivity index is 2.21. The van der Waals surface area contributed by atoms with Crippen LogP contribution in [0.4, 0.5) is 10.1 Å². The van der Waals surface area contributed by atoms with Crippen molar-refractivity contribution in [3.63, 3.8) is 0 Å². The first-order chi connectivity index (χ1) is 9.63. The number of nitrogens with one attached hydrogen (secondary N) is 1. The smallest absolute Gasteiger partial charge is 0.338 e. The Morgan fingerprint density at radius 2 is 2.00 bits per heavy atom. The lowest BCUT2D eigenvalue weighted by atomic mass is 10.1. The Labute approximate surface area is 121 Å². The van der Waals surface area contributed by atoms with Crippen LogP contribution in [0.15, 0.2) is 42.5 Å². The van der Waals surface area contributed by atoms with E-state index in [0.29, 0.717) is 16.1 Å². The Morgan fingerprint density at radius 3 is 2.70 bits per heavy atom. The molecule has 0 amide bonds. The first-order valence-corrected chi connectivity index (χ1v) is 6.35. The number of carbonyl (C=O) groups excluding carboxylic acids is 1. The molecular formula is C15H13ClFNO2. The zero-order valence-corrected chi connectivity index (χ0v) is 11.6. The van der Waals surface area contributed by atoms with Crippen LogP contribution < -0.4 is 5.32 Å². The fourth-order valence-corrected chi connectivity index (χ4v) is 2.06. The van der Waals surface area contributed by atoms with Gasteiger partial charge in [0.1, 0.15) is 5.82 Å². The summed E-state index contributed by atoms with van der Waals surface area (Å²) in [5, 5.41) is 3.19. The number of esters is 1. The van der Waals surface area contributed by atoms with E-state index in [1.807, 2.05) is 0 Å². The highest BCUT2D eigenvalue weighted by molar-refractivity contribution is 6.33. The number of hydrogen-bond donors (Lipinski definition) is 1. The topological polar surface area (TPSA) is 38.3 Å². The van der Waals surface area contributed by atoms with E-state index in [2.05, 4.69) is 5.32 Å². The van der Waals surface area contributed by atoms with Gasteiger partial charge in [-0.25, -0.2) is 9.18 Å². The molecule has 0 saturated carbocycles. The summed E-state index contributed by atoms with van der Waals surface area (Å²) in [6, 6.07) is 11.4. The quantitative estimate of drug-likeness (QED) is 0.870. The number of carbonyl (C=O) groups is 1. The lowest BCUT2D eigenvalue weighted by Gasteiger charge is -2.12. The summed E-state index contributed by atoms with van der Waals surface area (Å²) in [6.07, 6.45) is 0. The molecule has 0 radical (unpaired) electrons. The largest absolute Gasteiger partial charge is 0.465 e. The van der Waals surface area contributed by atoms with Gasteiger partial charge in [-0.3, -0.25) is 0 Å². The second-order valence-electron chi connectivity index (χ2n) is 4.10. The van der Waals surface area contributed by atoms with E-state index < -0.39 is 11.8 Å². The van der Waals surface area contributed by atoms with Crippen molar-refractivity contribution >= 4 is 23.3 Å². The fourth-order valence-electron chi connectivity index (χ4n) is 1.83. The van der Waals surface area contributed by atoms with Crippen molar-refractivity contribution in [1.29, 1.82) is 0 Å². The summed E-state index contributed by atoms with van der Waals surface area (Å²) in [5.74, 6) is -0.866. The molecule has 104 valence electrons. The molecule has 0 atom stereocenters. The van der Waals surface area contributed by atoms with Gasteiger partial charge in [-0.1, -0.05) is 35.9 Å². The summed E-state index contributed by atoms with van der Waals surface area (Å²) in [7, 11) is 1.32. The zero-order valence-electron chi connectivity index (χ0n) is 10.8. The molecule has 0 bridgehead atoms. The number of benzene rings is 2. The number of halogens is 2. The first kappa shape index (κ1) is 14.3. The van der Waals surface area contributed by atoms with Crippen molar-refractivity contribution < 1.29 is 13.9 Å². The van der Waals surface area contributed by atoms with Crippen molar-refractivity contribution in [2.45, 2.75) is 6.54 Å². The molecule has 0 heterocycles. The second-order valence-corrected chi connectivity index (χ2v) is 4.51. The van der Waals surface area contributed by atoms with Gasteiger partial charge in [0.15, 0.2) is 0 Å². The van der Waals surface area contributed by atoms with E-state index in [0.717, 1.165) is 0 Å². The molecule has 2 aromatic rings. The first-order valence-electron chi connectivity index (χ1n) is 5.97. The Hall–Kier alpha value is -2.07.